The highest BCUT2D eigenvalue weighted by Gasteiger charge is 2.36. The minimum atomic E-state index is -0.0461. The number of carbonyl (C=O) groups excluding carboxylic acids is 1. The van der Waals surface area contributed by atoms with E-state index in [-0.39, 0.29) is 5.91 Å². The van der Waals surface area contributed by atoms with Crippen molar-refractivity contribution in [2.45, 2.75) is 32.2 Å². The summed E-state index contributed by atoms with van der Waals surface area (Å²) in [6.07, 6.45) is 3.19. The van der Waals surface area contributed by atoms with Crippen molar-refractivity contribution < 1.29 is 14.1 Å². The fourth-order valence-electron chi connectivity index (χ4n) is 3.17. The van der Waals surface area contributed by atoms with E-state index in [2.05, 4.69) is 5.16 Å². The van der Waals surface area contributed by atoms with Crippen LogP contribution >= 0.6 is 0 Å². The molecule has 5 nitrogen and oxygen atoms in total. The minimum Gasteiger partial charge on any atom is -0.381 e. The van der Waals surface area contributed by atoms with Gasteiger partial charge in [-0.2, -0.15) is 0 Å². The van der Waals surface area contributed by atoms with Crippen molar-refractivity contribution in [3.63, 3.8) is 0 Å². The lowest BCUT2D eigenvalue weighted by Crippen LogP contribution is -2.37. The van der Waals surface area contributed by atoms with Crippen LogP contribution in [0.3, 0.4) is 0 Å². The molecule has 5 heteroatoms. The lowest BCUT2D eigenvalue weighted by Gasteiger charge is -2.23. The van der Waals surface area contributed by atoms with E-state index in [1.807, 2.05) is 36.1 Å². The Labute approximate surface area is 141 Å². The number of rotatable bonds is 5. The number of nitrogens with zero attached hydrogens (tertiary/aromatic N) is 2. The Morgan fingerprint density at radius 2 is 2.04 bits per heavy atom. The van der Waals surface area contributed by atoms with Crippen molar-refractivity contribution in [2.75, 3.05) is 19.8 Å². The largest absolute Gasteiger partial charge is 0.381 e. The van der Waals surface area contributed by atoms with Crippen LogP contribution in [0, 0.1) is 12.8 Å². The second-order valence-corrected chi connectivity index (χ2v) is 6.86. The number of benzene rings is 1. The zero-order valence-electron chi connectivity index (χ0n) is 13.9. The Morgan fingerprint density at radius 1 is 1.25 bits per heavy atom. The maximum Gasteiger partial charge on any atom is 0.292 e. The molecule has 2 aromatic rings. The van der Waals surface area contributed by atoms with Gasteiger partial charge in [0.1, 0.15) is 5.69 Å². The summed E-state index contributed by atoms with van der Waals surface area (Å²) in [5, 5.41) is 4.08. The summed E-state index contributed by atoms with van der Waals surface area (Å²) in [5.74, 6) is 0.723. The van der Waals surface area contributed by atoms with E-state index in [0.29, 0.717) is 23.4 Å². The summed E-state index contributed by atoms with van der Waals surface area (Å²) in [6, 6.07) is 10.2. The zero-order valence-corrected chi connectivity index (χ0v) is 13.9. The zero-order chi connectivity index (χ0) is 16.5. The van der Waals surface area contributed by atoms with E-state index in [1.54, 1.807) is 6.07 Å². The highest BCUT2D eigenvalue weighted by Crippen LogP contribution is 2.31. The molecule has 0 radical (unpaired) electrons. The third-order valence-corrected chi connectivity index (χ3v) is 4.80. The number of aryl methyl sites for hydroxylation is 1. The highest BCUT2D eigenvalue weighted by atomic mass is 16.5. The van der Waals surface area contributed by atoms with Gasteiger partial charge in [0.2, 0.25) is 5.76 Å². The van der Waals surface area contributed by atoms with Crippen LogP contribution in [0.15, 0.2) is 34.9 Å². The monoisotopic (exact) mass is 326 g/mol. The number of hydrogen-bond acceptors (Lipinski definition) is 4. The summed E-state index contributed by atoms with van der Waals surface area (Å²) < 4.78 is 10.8. The third kappa shape index (κ3) is 3.22. The molecule has 4 rings (SSSR count). The Kier molecular flexibility index (Phi) is 4.10. The van der Waals surface area contributed by atoms with Crippen molar-refractivity contribution in [3.05, 3.63) is 41.7 Å². The maximum atomic E-state index is 12.9. The number of carbonyl (C=O) groups is 1. The molecule has 0 unspecified atom stereocenters. The predicted octanol–water partition coefficient (Wildman–Crippen LogP) is 3.29. The molecule has 126 valence electrons. The molecule has 2 aliphatic rings. The van der Waals surface area contributed by atoms with Crippen LogP contribution in [0.2, 0.25) is 0 Å². The molecular formula is C19H22N2O3. The second kappa shape index (κ2) is 6.40. The second-order valence-electron chi connectivity index (χ2n) is 6.86. The fourth-order valence-corrected chi connectivity index (χ4v) is 3.17. The molecule has 1 saturated carbocycles. The molecule has 2 heterocycles. The number of amides is 1. The molecule has 1 atom stereocenters. The van der Waals surface area contributed by atoms with Gasteiger partial charge in [0.15, 0.2) is 0 Å². The molecule has 2 fully saturated rings. The molecule has 1 aromatic heterocycles. The van der Waals surface area contributed by atoms with E-state index in [0.717, 1.165) is 44.6 Å². The van der Waals surface area contributed by atoms with Crippen molar-refractivity contribution in [1.29, 1.82) is 0 Å². The Balaban J connectivity index is 1.51. The molecule has 0 N–H and O–H groups in total. The first kappa shape index (κ1) is 15.4. The van der Waals surface area contributed by atoms with Gasteiger partial charge in [0, 0.05) is 36.7 Å². The van der Waals surface area contributed by atoms with Crippen LogP contribution in [-0.2, 0) is 4.74 Å². The average molecular weight is 326 g/mol. The van der Waals surface area contributed by atoms with Crippen LogP contribution in [0.4, 0.5) is 0 Å². The fraction of sp³-hybridized carbons (Fsp3) is 0.474. The lowest BCUT2D eigenvalue weighted by molar-refractivity contribution is 0.0664. The van der Waals surface area contributed by atoms with Gasteiger partial charge < -0.3 is 14.2 Å². The van der Waals surface area contributed by atoms with Gasteiger partial charge >= 0.3 is 0 Å². The number of aromatic nitrogens is 1. The van der Waals surface area contributed by atoms with Gasteiger partial charge in [-0.3, -0.25) is 4.79 Å². The van der Waals surface area contributed by atoms with Gasteiger partial charge in [-0.1, -0.05) is 35.0 Å². The van der Waals surface area contributed by atoms with Crippen LogP contribution in [0.1, 0.15) is 35.4 Å². The third-order valence-electron chi connectivity index (χ3n) is 4.80. The lowest BCUT2D eigenvalue weighted by atomic mass is 10.1. The Morgan fingerprint density at radius 3 is 2.71 bits per heavy atom. The summed E-state index contributed by atoms with van der Waals surface area (Å²) >= 11 is 0. The predicted molar refractivity (Wildman–Crippen MR) is 89.7 cm³/mol. The average Bonchev–Trinajstić information content (AvgIpc) is 3.10. The molecule has 0 bridgehead atoms. The topological polar surface area (TPSA) is 55.6 Å². The quantitative estimate of drug-likeness (QED) is 0.846. The van der Waals surface area contributed by atoms with Crippen molar-refractivity contribution in [3.8, 4) is 11.3 Å². The highest BCUT2D eigenvalue weighted by molar-refractivity contribution is 5.92. The number of ether oxygens (including phenoxy) is 1. The van der Waals surface area contributed by atoms with Crippen molar-refractivity contribution in [1.82, 2.24) is 10.1 Å². The van der Waals surface area contributed by atoms with Gasteiger partial charge in [-0.05, 0) is 26.2 Å². The van der Waals surface area contributed by atoms with Crippen LogP contribution in [0.5, 0.6) is 0 Å². The van der Waals surface area contributed by atoms with Gasteiger partial charge in [0.05, 0.1) is 6.61 Å². The molecule has 1 amide bonds. The van der Waals surface area contributed by atoms with E-state index in [4.69, 9.17) is 9.26 Å². The molecule has 0 spiro atoms. The van der Waals surface area contributed by atoms with Gasteiger partial charge in [-0.15, -0.1) is 0 Å². The van der Waals surface area contributed by atoms with Crippen molar-refractivity contribution in [2.24, 2.45) is 5.92 Å². The van der Waals surface area contributed by atoms with E-state index in [9.17, 15) is 4.79 Å². The number of hydrogen-bond donors (Lipinski definition) is 0. The standard InChI is InChI=1S/C19H22N2O3/c1-13-2-4-15(5-3-13)17-10-18(24-20-17)19(22)21(16-6-7-16)11-14-8-9-23-12-14/h2-5,10,14,16H,6-9,11-12H2,1H3/t14-/m1/s1. The molecule has 1 saturated heterocycles. The van der Waals surface area contributed by atoms with Gasteiger partial charge in [-0.25, -0.2) is 0 Å². The van der Waals surface area contributed by atoms with Gasteiger partial charge in [0.25, 0.3) is 5.91 Å². The maximum absolute atomic E-state index is 12.9. The SMILES string of the molecule is Cc1ccc(-c2cc(C(=O)N(C[C@H]3CCOC3)C3CC3)on2)cc1. The van der Waals surface area contributed by atoms with E-state index < -0.39 is 0 Å². The molecule has 1 aromatic carbocycles. The summed E-state index contributed by atoms with van der Waals surface area (Å²) in [6.45, 7) is 4.35. The first-order valence-corrected chi connectivity index (χ1v) is 8.63. The summed E-state index contributed by atoms with van der Waals surface area (Å²) in [5.41, 5.74) is 2.86. The van der Waals surface area contributed by atoms with E-state index >= 15 is 0 Å². The van der Waals surface area contributed by atoms with Crippen LogP contribution in [0.25, 0.3) is 11.3 Å². The molecule has 1 aliphatic heterocycles. The first-order chi connectivity index (χ1) is 11.7. The Hall–Kier alpha value is -2.14. The first-order valence-electron chi connectivity index (χ1n) is 8.63. The molecule has 24 heavy (non-hydrogen) atoms. The minimum absolute atomic E-state index is 0.0461. The van der Waals surface area contributed by atoms with Crippen molar-refractivity contribution >= 4 is 5.91 Å². The van der Waals surface area contributed by atoms with Crippen LogP contribution in [-0.4, -0.2) is 41.8 Å². The smallest absolute Gasteiger partial charge is 0.292 e. The van der Waals surface area contributed by atoms with E-state index in [1.165, 1.54) is 5.56 Å². The molecular weight excluding hydrogens is 304 g/mol. The summed E-state index contributed by atoms with van der Waals surface area (Å²) in [4.78, 5) is 14.8. The molecule has 1 aliphatic carbocycles. The summed E-state index contributed by atoms with van der Waals surface area (Å²) in [7, 11) is 0. The normalized spacial score (nSPS) is 20.3. The Bertz CT molecular complexity index is 712. The van der Waals surface area contributed by atoms with Crippen LogP contribution < -0.4 is 0 Å².